The minimum atomic E-state index is 0.348. The molecule has 0 unspecified atom stereocenters. The molecule has 3 N–H and O–H groups in total. The van der Waals surface area contributed by atoms with E-state index in [9.17, 15) is 0 Å². The second-order valence-electron chi connectivity index (χ2n) is 3.84. The number of aromatic nitrogens is 2. The lowest BCUT2D eigenvalue weighted by atomic mass is 10.3. The summed E-state index contributed by atoms with van der Waals surface area (Å²) < 4.78 is 10.4. The number of methoxy groups -OCH3 is 1. The Kier molecular flexibility index (Phi) is 5.23. The number of nitrogens with one attached hydrogen (secondary N) is 3. The molecular weight excluding hydrogens is 232 g/mol. The van der Waals surface area contributed by atoms with Crippen LogP contribution in [0.15, 0.2) is 12.5 Å². The van der Waals surface area contributed by atoms with E-state index in [4.69, 9.17) is 14.9 Å². The molecule has 0 saturated carbocycles. The number of nitrogens with zero attached hydrogens (tertiary/aromatic N) is 1. The highest BCUT2D eigenvalue weighted by molar-refractivity contribution is 5.99. The maximum Gasteiger partial charge on any atom is 0.295 e. The van der Waals surface area contributed by atoms with Crippen LogP contribution in [0.2, 0.25) is 0 Å². The first kappa shape index (κ1) is 14.1. The van der Waals surface area contributed by atoms with Crippen molar-refractivity contribution in [3.63, 3.8) is 0 Å². The zero-order valence-corrected chi connectivity index (χ0v) is 11.1. The molecule has 1 rings (SSSR count). The zero-order chi connectivity index (χ0) is 13.5. The highest BCUT2D eigenvalue weighted by atomic mass is 16.5. The Morgan fingerprint density at radius 1 is 1.56 bits per heavy atom. The third-order valence-corrected chi connectivity index (χ3v) is 2.28. The summed E-state index contributed by atoms with van der Waals surface area (Å²) >= 11 is 0. The molecule has 1 aromatic rings. The fourth-order valence-electron chi connectivity index (χ4n) is 1.32. The van der Waals surface area contributed by atoms with Gasteiger partial charge in [-0.15, -0.1) is 0 Å². The van der Waals surface area contributed by atoms with Gasteiger partial charge in [-0.25, -0.2) is 0 Å². The Hall–Kier alpha value is -1.98. The van der Waals surface area contributed by atoms with E-state index < -0.39 is 0 Å². The number of anilines is 1. The maximum atomic E-state index is 7.64. The number of hydrogen-bond acceptors (Lipinski definition) is 5. The average molecular weight is 252 g/mol. The number of imidazole rings is 1. The Labute approximate surface area is 107 Å². The summed E-state index contributed by atoms with van der Waals surface area (Å²) in [6.07, 6.45) is 2.04. The number of rotatable bonds is 8. The predicted octanol–water partition coefficient (Wildman–Crippen LogP) is 2.51. The van der Waals surface area contributed by atoms with Crippen LogP contribution < -0.4 is 10.1 Å². The second-order valence-corrected chi connectivity index (χ2v) is 3.84. The van der Waals surface area contributed by atoms with Crippen molar-refractivity contribution >= 4 is 11.5 Å². The molecule has 18 heavy (non-hydrogen) atoms. The lowest BCUT2D eigenvalue weighted by molar-refractivity contribution is 0.214. The van der Waals surface area contributed by atoms with Crippen LogP contribution in [0.4, 0.5) is 5.82 Å². The van der Waals surface area contributed by atoms with Crippen LogP contribution in [0.25, 0.3) is 0 Å². The van der Waals surface area contributed by atoms with Crippen molar-refractivity contribution in [1.82, 2.24) is 9.97 Å². The van der Waals surface area contributed by atoms with Gasteiger partial charge < -0.3 is 25.2 Å². The van der Waals surface area contributed by atoms with Gasteiger partial charge in [0.05, 0.1) is 19.4 Å². The Morgan fingerprint density at radius 3 is 2.83 bits per heavy atom. The summed E-state index contributed by atoms with van der Waals surface area (Å²) in [5, 5.41) is 10.6. The maximum absolute atomic E-state index is 7.64. The van der Waals surface area contributed by atoms with Crippen LogP contribution in [-0.2, 0) is 4.74 Å². The number of unbranched alkanes of at least 4 members (excludes halogenated alkanes) is 1. The molecule has 1 aromatic heterocycles. The van der Waals surface area contributed by atoms with Gasteiger partial charge in [0, 0.05) is 0 Å². The molecule has 0 aromatic carbocycles. The molecule has 0 radical (unpaired) electrons. The smallest absolute Gasteiger partial charge is 0.295 e. The predicted molar refractivity (Wildman–Crippen MR) is 71.3 cm³/mol. The van der Waals surface area contributed by atoms with Crippen LogP contribution in [-0.4, -0.2) is 29.4 Å². The molecule has 0 saturated heterocycles. The molecule has 0 atom stereocenters. The Morgan fingerprint density at radius 2 is 2.28 bits per heavy atom. The van der Waals surface area contributed by atoms with E-state index in [1.54, 1.807) is 6.92 Å². The molecule has 0 spiro atoms. The van der Waals surface area contributed by atoms with Crippen LogP contribution in [0, 0.1) is 5.41 Å². The quantitative estimate of drug-likeness (QED) is 0.377. The van der Waals surface area contributed by atoms with Gasteiger partial charge in [-0.2, -0.15) is 4.98 Å². The highest BCUT2D eigenvalue weighted by Gasteiger charge is 2.13. The van der Waals surface area contributed by atoms with E-state index in [1.165, 1.54) is 7.11 Å². The fourth-order valence-corrected chi connectivity index (χ4v) is 1.32. The van der Waals surface area contributed by atoms with Crippen LogP contribution in [0.1, 0.15) is 32.4 Å². The summed E-state index contributed by atoms with van der Waals surface area (Å²) in [6.45, 7) is 8.13. The minimum Gasteiger partial charge on any atom is -0.479 e. The lowest BCUT2D eigenvalue weighted by Gasteiger charge is -2.10. The third kappa shape index (κ3) is 3.80. The first-order valence-electron chi connectivity index (χ1n) is 5.86. The van der Waals surface area contributed by atoms with Crippen molar-refractivity contribution < 1.29 is 9.47 Å². The van der Waals surface area contributed by atoms with Crippen molar-refractivity contribution in [2.75, 3.05) is 19.0 Å². The molecule has 6 heteroatoms. The summed E-state index contributed by atoms with van der Waals surface area (Å²) in [5.74, 6) is 0.904. The van der Waals surface area contributed by atoms with E-state index in [-0.39, 0.29) is 0 Å². The average Bonchev–Trinajstić information content (AvgIpc) is 2.72. The monoisotopic (exact) mass is 252 g/mol. The van der Waals surface area contributed by atoms with Crippen LogP contribution in [0.5, 0.6) is 6.01 Å². The Balaban J connectivity index is 2.67. The van der Waals surface area contributed by atoms with Gasteiger partial charge in [0.25, 0.3) is 6.01 Å². The zero-order valence-electron chi connectivity index (χ0n) is 11.1. The number of hydrogen-bond donors (Lipinski definition) is 3. The number of ether oxygens (including phenoxy) is 2. The van der Waals surface area contributed by atoms with Crippen LogP contribution >= 0.6 is 0 Å². The van der Waals surface area contributed by atoms with Crippen LogP contribution in [0.3, 0.4) is 0 Å². The molecule has 0 aliphatic heterocycles. The minimum absolute atomic E-state index is 0.348. The van der Waals surface area contributed by atoms with Crippen molar-refractivity contribution in [2.45, 2.75) is 26.7 Å². The first-order valence-corrected chi connectivity index (χ1v) is 5.86. The summed E-state index contributed by atoms with van der Waals surface area (Å²) in [7, 11) is 1.51. The molecule has 0 aliphatic rings. The van der Waals surface area contributed by atoms with E-state index in [1.807, 2.05) is 0 Å². The van der Waals surface area contributed by atoms with E-state index in [2.05, 4.69) is 28.8 Å². The Bertz CT molecular complexity index is 426. The standard InChI is InChI=1S/C12H20N4O2/c1-5-6-7-18-9(3)14-11-10(8(2)13)15-12(16-11)17-4/h13-14H,3,5-7H2,1-2,4H3,(H,15,16). The topological polar surface area (TPSA) is 83.0 Å². The number of aromatic amines is 1. The van der Waals surface area contributed by atoms with Gasteiger partial charge in [0.15, 0.2) is 11.7 Å². The normalized spacial score (nSPS) is 9.94. The molecule has 0 aliphatic carbocycles. The van der Waals surface area contributed by atoms with Gasteiger partial charge in [-0.1, -0.05) is 13.3 Å². The summed E-state index contributed by atoms with van der Waals surface area (Å²) in [6, 6.07) is 0.348. The van der Waals surface area contributed by atoms with Crippen molar-refractivity contribution in [1.29, 1.82) is 5.41 Å². The molecule has 0 bridgehead atoms. The van der Waals surface area contributed by atoms with Gasteiger partial charge in [-0.3, -0.25) is 0 Å². The van der Waals surface area contributed by atoms with Crippen molar-refractivity contribution in [2.24, 2.45) is 0 Å². The molecule has 0 fully saturated rings. The summed E-state index contributed by atoms with van der Waals surface area (Å²) in [5.41, 5.74) is 0.918. The highest BCUT2D eigenvalue weighted by Crippen LogP contribution is 2.19. The van der Waals surface area contributed by atoms with Crippen molar-refractivity contribution in [3.8, 4) is 6.01 Å². The molecule has 100 valence electrons. The molecular formula is C12H20N4O2. The lowest BCUT2D eigenvalue weighted by Crippen LogP contribution is -2.07. The molecule has 0 amide bonds. The number of H-pyrrole nitrogens is 1. The van der Waals surface area contributed by atoms with E-state index in [0.717, 1.165) is 12.8 Å². The first-order chi connectivity index (χ1) is 8.58. The van der Waals surface area contributed by atoms with Gasteiger partial charge >= 0.3 is 0 Å². The van der Waals surface area contributed by atoms with Gasteiger partial charge in [0.2, 0.25) is 0 Å². The van der Waals surface area contributed by atoms with Gasteiger partial charge in [-0.05, 0) is 19.9 Å². The largest absolute Gasteiger partial charge is 0.479 e. The SMILES string of the molecule is C=C(Nc1nc(OC)[nH]c1C(C)=N)OCCCC. The molecule has 1 heterocycles. The van der Waals surface area contributed by atoms with Gasteiger partial charge in [0.1, 0.15) is 5.69 Å². The summed E-state index contributed by atoms with van der Waals surface area (Å²) in [4.78, 5) is 7.03. The second kappa shape index (κ2) is 6.68. The van der Waals surface area contributed by atoms with Crippen molar-refractivity contribution in [3.05, 3.63) is 18.2 Å². The van der Waals surface area contributed by atoms with E-state index in [0.29, 0.717) is 35.7 Å². The molecule has 6 nitrogen and oxygen atoms in total. The third-order valence-electron chi connectivity index (χ3n) is 2.28. The van der Waals surface area contributed by atoms with E-state index >= 15 is 0 Å². The fraction of sp³-hybridized carbons (Fsp3) is 0.500.